The molecule has 2 amide bonds. The van der Waals surface area contributed by atoms with Crippen molar-refractivity contribution in [3.05, 3.63) is 35.0 Å². The van der Waals surface area contributed by atoms with Crippen molar-refractivity contribution in [2.24, 2.45) is 5.92 Å². The van der Waals surface area contributed by atoms with Gasteiger partial charge in [-0.1, -0.05) is 17.7 Å². The molecule has 0 unspecified atom stereocenters. The lowest BCUT2D eigenvalue weighted by molar-refractivity contribution is 0.129. The van der Waals surface area contributed by atoms with Crippen LogP contribution in [0.4, 0.5) is 4.79 Å². The third-order valence-corrected chi connectivity index (χ3v) is 4.83. The number of nitrogens with zero attached hydrogens (tertiary/aromatic N) is 1. The van der Waals surface area contributed by atoms with Crippen molar-refractivity contribution in [1.29, 1.82) is 0 Å². The molecule has 0 saturated carbocycles. The number of fused-ring (bicyclic) bond motifs is 1. The van der Waals surface area contributed by atoms with Crippen molar-refractivity contribution in [3.63, 3.8) is 0 Å². The highest BCUT2D eigenvalue weighted by molar-refractivity contribution is 6.31. The zero-order valence-electron chi connectivity index (χ0n) is 13.2. The van der Waals surface area contributed by atoms with Gasteiger partial charge in [-0.05, 0) is 37.5 Å². The summed E-state index contributed by atoms with van der Waals surface area (Å²) in [5.41, 5.74) is 2.18. The minimum absolute atomic E-state index is 0.0453. The first-order valence-electron chi connectivity index (χ1n) is 8.01. The van der Waals surface area contributed by atoms with E-state index in [9.17, 15) is 9.90 Å². The predicted octanol–water partition coefficient (Wildman–Crippen LogP) is 2.78. The summed E-state index contributed by atoms with van der Waals surface area (Å²) in [5, 5.41) is 14.4. The highest BCUT2D eigenvalue weighted by atomic mass is 35.5. The second-order valence-electron chi connectivity index (χ2n) is 6.22. The molecular formula is C17H22ClN3O2. The molecule has 2 aromatic rings. The summed E-state index contributed by atoms with van der Waals surface area (Å²) in [6, 6.07) is 5.73. The van der Waals surface area contributed by atoms with Gasteiger partial charge in [-0.3, -0.25) is 0 Å². The van der Waals surface area contributed by atoms with E-state index in [1.807, 2.05) is 24.4 Å². The number of halogens is 1. The van der Waals surface area contributed by atoms with Gasteiger partial charge in [0.05, 0.1) is 6.10 Å². The number of nitrogens with one attached hydrogen (secondary N) is 2. The number of aliphatic hydroxyl groups excluding tert-OH is 1. The molecule has 124 valence electrons. The summed E-state index contributed by atoms with van der Waals surface area (Å²) >= 11 is 5.98. The normalized spacial score (nSPS) is 19.3. The summed E-state index contributed by atoms with van der Waals surface area (Å²) < 4.78 is 0. The largest absolute Gasteiger partial charge is 0.393 e. The van der Waals surface area contributed by atoms with Crippen molar-refractivity contribution in [3.8, 4) is 0 Å². The van der Waals surface area contributed by atoms with Gasteiger partial charge in [0.15, 0.2) is 0 Å². The standard InChI is InChI=1S/C17H22ClN3O2/c1-11(22)13-5-7-21(10-13)17(23)19-6-4-12-9-20-16-8-14(18)2-3-15(12)16/h2-3,8-9,11,13,20,22H,4-7,10H2,1H3,(H,19,23)/t11-,13+/m1/s1. The number of urea groups is 1. The first kappa shape index (κ1) is 16.1. The van der Waals surface area contributed by atoms with Crippen molar-refractivity contribution in [2.45, 2.75) is 25.9 Å². The van der Waals surface area contributed by atoms with Gasteiger partial charge >= 0.3 is 6.03 Å². The van der Waals surface area contributed by atoms with E-state index >= 15 is 0 Å². The molecule has 1 saturated heterocycles. The Morgan fingerprint density at radius 3 is 3.13 bits per heavy atom. The quantitative estimate of drug-likeness (QED) is 0.804. The lowest BCUT2D eigenvalue weighted by Gasteiger charge is -2.18. The highest BCUT2D eigenvalue weighted by Crippen LogP contribution is 2.22. The summed E-state index contributed by atoms with van der Waals surface area (Å²) in [5.74, 6) is 0.194. The average molecular weight is 336 g/mol. The van der Waals surface area contributed by atoms with Crippen LogP contribution in [0.5, 0.6) is 0 Å². The molecule has 0 radical (unpaired) electrons. The molecule has 3 N–H and O–H groups in total. The van der Waals surface area contributed by atoms with Crippen LogP contribution in [0.2, 0.25) is 5.02 Å². The van der Waals surface area contributed by atoms with E-state index in [1.165, 1.54) is 5.56 Å². The van der Waals surface area contributed by atoms with E-state index in [4.69, 9.17) is 11.6 Å². The van der Waals surface area contributed by atoms with Crippen LogP contribution >= 0.6 is 11.6 Å². The van der Waals surface area contributed by atoms with Gasteiger partial charge in [-0.25, -0.2) is 4.79 Å². The van der Waals surface area contributed by atoms with Crippen LogP contribution in [0.15, 0.2) is 24.4 Å². The molecule has 5 nitrogen and oxygen atoms in total. The molecule has 6 heteroatoms. The smallest absolute Gasteiger partial charge is 0.317 e. The van der Waals surface area contributed by atoms with E-state index < -0.39 is 0 Å². The van der Waals surface area contributed by atoms with Gasteiger partial charge in [0, 0.05) is 47.7 Å². The van der Waals surface area contributed by atoms with E-state index in [0.29, 0.717) is 24.7 Å². The number of aromatic nitrogens is 1. The Balaban J connectivity index is 1.52. The fraction of sp³-hybridized carbons (Fsp3) is 0.471. The van der Waals surface area contributed by atoms with Crippen molar-refractivity contribution >= 4 is 28.5 Å². The first-order valence-corrected chi connectivity index (χ1v) is 8.39. The van der Waals surface area contributed by atoms with Crippen LogP contribution in [0.3, 0.4) is 0 Å². The zero-order valence-corrected chi connectivity index (χ0v) is 13.9. The molecule has 1 aromatic carbocycles. The van der Waals surface area contributed by atoms with Crippen LogP contribution in [-0.2, 0) is 6.42 Å². The minimum atomic E-state index is -0.356. The van der Waals surface area contributed by atoms with E-state index in [-0.39, 0.29) is 18.1 Å². The number of amides is 2. The van der Waals surface area contributed by atoms with Crippen molar-refractivity contribution in [1.82, 2.24) is 15.2 Å². The lowest BCUT2D eigenvalue weighted by atomic mass is 10.0. The van der Waals surface area contributed by atoms with Crippen LogP contribution in [0, 0.1) is 5.92 Å². The molecular weight excluding hydrogens is 314 g/mol. The molecule has 0 aliphatic carbocycles. The maximum Gasteiger partial charge on any atom is 0.317 e. The molecule has 3 rings (SSSR count). The van der Waals surface area contributed by atoms with E-state index in [2.05, 4.69) is 10.3 Å². The Labute approximate surface area is 140 Å². The molecule has 1 fully saturated rings. The number of hydrogen-bond donors (Lipinski definition) is 3. The maximum atomic E-state index is 12.2. The van der Waals surface area contributed by atoms with Crippen molar-refractivity contribution < 1.29 is 9.90 Å². The third kappa shape index (κ3) is 3.62. The lowest BCUT2D eigenvalue weighted by Crippen LogP contribution is -2.39. The first-order chi connectivity index (χ1) is 11.0. The second kappa shape index (κ2) is 6.81. The van der Waals surface area contributed by atoms with Gasteiger partial charge in [0.2, 0.25) is 0 Å². The molecule has 2 heterocycles. The molecule has 1 aliphatic heterocycles. The Morgan fingerprint density at radius 2 is 2.39 bits per heavy atom. The number of likely N-dealkylation sites (tertiary alicyclic amines) is 1. The minimum Gasteiger partial charge on any atom is -0.393 e. The number of aliphatic hydroxyl groups is 1. The fourth-order valence-electron chi connectivity index (χ4n) is 3.15. The monoisotopic (exact) mass is 335 g/mol. The summed E-state index contributed by atoms with van der Waals surface area (Å²) in [7, 11) is 0. The molecule has 23 heavy (non-hydrogen) atoms. The Bertz CT molecular complexity index is 698. The molecule has 2 atom stereocenters. The number of hydrogen-bond acceptors (Lipinski definition) is 2. The third-order valence-electron chi connectivity index (χ3n) is 4.59. The summed E-state index contributed by atoms with van der Waals surface area (Å²) in [4.78, 5) is 17.1. The number of carbonyl (C=O) groups excluding carboxylic acids is 1. The summed E-state index contributed by atoms with van der Waals surface area (Å²) in [6.07, 6.45) is 3.24. The van der Waals surface area contributed by atoms with Crippen LogP contribution in [-0.4, -0.2) is 46.8 Å². The summed E-state index contributed by atoms with van der Waals surface area (Å²) in [6.45, 7) is 3.72. The SMILES string of the molecule is C[C@@H](O)[C@H]1CCN(C(=O)NCCc2c[nH]c3cc(Cl)ccc23)C1. The number of aromatic amines is 1. The Hall–Kier alpha value is -1.72. The molecule has 1 aromatic heterocycles. The maximum absolute atomic E-state index is 12.2. The Kier molecular flexibility index (Phi) is 4.78. The van der Waals surface area contributed by atoms with Crippen LogP contribution in [0.1, 0.15) is 18.9 Å². The predicted molar refractivity (Wildman–Crippen MR) is 91.8 cm³/mol. The van der Waals surface area contributed by atoms with Gasteiger partial charge in [0.1, 0.15) is 0 Å². The Morgan fingerprint density at radius 1 is 1.57 bits per heavy atom. The molecule has 0 bridgehead atoms. The van der Waals surface area contributed by atoms with Gasteiger partial charge in [-0.2, -0.15) is 0 Å². The molecule has 1 aliphatic rings. The van der Waals surface area contributed by atoms with Gasteiger partial charge in [-0.15, -0.1) is 0 Å². The van der Waals surface area contributed by atoms with Crippen LogP contribution < -0.4 is 5.32 Å². The topological polar surface area (TPSA) is 68.4 Å². The molecule has 0 spiro atoms. The number of benzene rings is 1. The van der Waals surface area contributed by atoms with E-state index in [0.717, 1.165) is 23.7 Å². The highest BCUT2D eigenvalue weighted by Gasteiger charge is 2.28. The number of H-pyrrole nitrogens is 1. The second-order valence-corrected chi connectivity index (χ2v) is 6.66. The van der Waals surface area contributed by atoms with Crippen LogP contribution in [0.25, 0.3) is 10.9 Å². The number of rotatable bonds is 4. The number of carbonyl (C=O) groups is 1. The van der Waals surface area contributed by atoms with Gasteiger partial charge < -0.3 is 20.3 Å². The van der Waals surface area contributed by atoms with Crippen molar-refractivity contribution in [2.75, 3.05) is 19.6 Å². The fourth-order valence-corrected chi connectivity index (χ4v) is 3.32. The zero-order chi connectivity index (χ0) is 16.4. The van der Waals surface area contributed by atoms with Gasteiger partial charge in [0.25, 0.3) is 0 Å². The van der Waals surface area contributed by atoms with E-state index in [1.54, 1.807) is 11.8 Å². The average Bonchev–Trinajstić information content (AvgIpc) is 3.14.